The molecule has 3 heteroatoms. The largest absolute Gasteiger partial charge is 0.387 e. The molecule has 66 valence electrons. The normalized spacial score (nSPS) is 21.7. The van der Waals surface area contributed by atoms with Crippen molar-refractivity contribution >= 4 is 11.7 Å². The lowest BCUT2D eigenvalue weighted by molar-refractivity contribution is -0.117. The number of carbonyl (C=O) groups excluding carboxylic acids is 1. The highest BCUT2D eigenvalue weighted by Gasteiger charge is 2.25. The molecule has 0 radical (unpaired) electrons. The van der Waals surface area contributed by atoms with Gasteiger partial charge < -0.3 is 5.73 Å². The van der Waals surface area contributed by atoms with Crippen LogP contribution in [-0.4, -0.2) is 11.7 Å². The van der Waals surface area contributed by atoms with Gasteiger partial charge in [0.2, 0.25) is 5.91 Å². The number of rotatable bonds is 1. The zero-order valence-electron chi connectivity index (χ0n) is 7.10. The second-order valence-electron chi connectivity index (χ2n) is 3.10. The van der Waals surface area contributed by atoms with Gasteiger partial charge in [0.25, 0.3) is 0 Å². The third-order valence-corrected chi connectivity index (χ3v) is 2.19. The maximum Gasteiger partial charge on any atom is 0.248 e. The summed E-state index contributed by atoms with van der Waals surface area (Å²) in [6.07, 6.45) is 0.413. The van der Waals surface area contributed by atoms with E-state index in [0.29, 0.717) is 12.3 Å². The van der Waals surface area contributed by atoms with E-state index in [0.717, 1.165) is 5.56 Å². The predicted octanol–water partition coefficient (Wildman–Crippen LogP) is 1.06. The predicted molar refractivity (Wildman–Crippen MR) is 50.4 cm³/mol. The first-order valence-corrected chi connectivity index (χ1v) is 4.19. The molecular formula is C10H10N2O. The summed E-state index contributed by atoms with van der Waals surface area (Å²) in [5, 5.41) is 0. The summed E-state index contributed by atoms with van der Waals surface area (Å²) in [4.78, 5) is 14.7. The minimum atomic E-state index is -0.119. The number of nitrogens with two attached hydrogens (primary N) is 1. The van der Waals surface area contributed by atoms with Gasteiger partial charge in [-0.3, -0.25) is 4.79 Å². The van der Waals surface area contributed by atoms with E-state index in [1.54, 1.807) is 0 Å². The van der Waals surface area contributed by atoms with Crippen molar-refractivity contribution in [1.29, 1.82) is 0 Å². The summed E-state index contributed by atoms with van der Waals surface area (Å²) >= 11 is 0. The Bertz CT molecular complexity index is 356. The zero-order chi connectivity index (χ0) is 9.26. The van der Waals surface area contributed by atoms with Crippen molar-refractivity contribution in [3.05, 3.63) is 35.9 Å². The third kappa shape index (κ3) is 1.45. The fraction of sp³-hybridized carbons (Fsp3) is 0.200. The standard InChI is InChI=1S/C10H10N2O/c11-10-8(6-9(13)12-10)7-4-2-1-3-5-7/h1-5,8H,6H2,(H2,11,12,13). The molecule has 0 bridgehead atoms. The van der Waals surface area contributed by atoms with E-state index >= 15 is 0 Å². The highest BCUT2D eigenvalue weighted by molar-refractivity contribution is 6.04. The van der Waals surface area contributed by atoms with Crippen LogP contribution in [0.2, 0.25) is 0 Å². The second kappa shape index (κ2) is 3.01. The van der Waals surface area contributed by atoms with Crippen LogP contribution in [0.1, 0.15) is 17.9 Å². The van der Waals surface area contributed by atoms with Crippen molar-refractivity contribution in [2.45, 2.75) is 12.3 Å². The first-order chi connectivity index (χ1) is 6.27. The Morgan fingerprint density at radius 3 is 2.54 bits per heavy atom. The Morgan fingerprint density at radius 2 is 2.00 bits per heavy atom. The molecule has 1 amide bonds. The van der Waals surface area contributed by atoms with E-state index in [1.807, 2.05) is 30.3 Å². The zero-order valence-corrected chi connectivity index (χ0v) is 7.10. The quantitative estimate of drug-likeness (QED) is 0.692. The summed E-state index contributed by atoms with van der Waals surface area (Å²) < 4.78 is 0. The number of amidine groups is 1. The number of aliphatic imine (C=N–C) groups is 1. The summed E-state index contributed by atoms with van der Waals surface area (Å²) in [6.45, 7) is 0. The minimum Gasteiger partial charge on any atom is -0.387 e. The topological polar surface area (TPSA) is 55.4 Å². The molecule has 13 heavy (non-hydrogen) atoms. The van der Waals surface area contributed by atoms with E-state index in [-0.39, 0.29) is 11.8 Å². The van der Waals surface area contributed by atoms with Gasteiger partial charge in [0.05, 0.1) is 5.92 Å². The van der Waals surface area contributed by atoms with Crippen LogP contribution in [-0.2, 0) is 4.79 Å². The van der Waals surface area contributed by atoms with E-state index in [4.69, 9.17) is 5.73 Å². The van der Waals surface area contributed by atoms with Crippen molar-refractivity contribution < 1.29 is 4.79 Å². The van der Waals surface area contributed by atoms with E-state index in [2.05, 4.69) is 4.99 Å². The molecule has 0 spiro atoms. The lowest BCUT2D eigenvalue weighted by Gasteiger charge is -2.07. The Kier molecular flexibility index (Phi) is 1.85. The summed E-state index contributed by atoms with van der Waals surface area (Å²) in [5.74, 6) is 0.316. The van der Waals surface area contributed by atoms with Gasteiger partial charge in [-0.1, -0.05) is 30.3 Å². The van der Waals surface area contributed by atoms with Crippen LogP contribution in [0.25, 0.3) is 0 Å². The maximum absolute atomic E-state index is 11.0. The number of amides is 1. The van der Waals surface area contributed by atoms with Gasteiger partial charge in [-0.25, -0.2) is 4.99 Å². The Balaban J connectivity index is 2.30. The van der Waals surface area contributed by atoms with Gasteiger partial charge in [-0.05, 0) is 5.56 Å². The number of hydrogen-bond acceptors (Lipinski definition) is 2. The van der Waals surface area contributed by atoms with Crippen molar-refractivity contribution in [2.24, 2.45) is 10.7 Å². The van der Waals surface area contributed by atoms with Crippen LogP contribution in [0.4, 0.5) is 0 Å². The monoisotopic (exact) mass is 174 g/mol. The van der Waals surface area contributed by atoms with E-state index in [1.165, 1.54) is 0 Å². The van der Waals surface area contributed by atoms with E-state index < -0.39 is 0 Å². The number of carbonyl (C=O) groups is 1. The number of hydrogen-bond donors (Lipinski definition) is 1. The summed E-state index contributed by atoms with van der Waals surface area (Å²) in [7, 11) is 0. The molecule has 1 aromatic carbocycles. The molecule has 0 saturated heterocycles. The average molecular weight is 174 g/mol. The van der Waals surface area contributed by atoms with Crippen molar-refractivity contribution in [1.82, 2.24) is 0 Å². The molecule has 2 N–H and O–H groups in total. The fourth-order valence-corrected chi connectivity index (χ4v) is 1.52. The van der Waals surface area contributed by atoms with Crippen molar-refractivity contribution in [3.63, 3.8) is 0 Å². The summed E-state index contributed by atoms with van der Waals surface area (Å²) in [6, 6.07) is 9.74. The molecule has 3 nitrogen and oxygen atoms in total. The molecule has 0 aliphatic carbocycles. The second-order valence-corrected chi connectivity index (χ2v) is 3.10. The first-order valence-electron chi connectivity index (χ1n) is 4.19. The van der Waals surface area contributed by atoms with Gasteiger partial charge in [0, 0.05) is 6.42 Å². The molecule has 1 atom stereocenters. The van der Waals surface area contributed by atoms with E-state index in [9.17, 15) is 4.79 Å². The average Bonchev–Trinajstić information content (AvgIpc) is 2.47. The van der Waals surface area contributed by atoms with Crippen molar-refractivity contribution in [3.8, 4) is 0 Å². The van der Waals surface area contributed by atoms with Crippen LogP contribution in [0.5, 0.6) is 0 Å². The van der Waals surface area contributed by atoms with Crippen LogP contribution >= 0.6 is 0 Å². The third-order valence-electron chi connectivity index (χ3n) is 2.19. The number of nitrogens with zero attached hydrogens (tertiary/aromatic N) is 1. The lowest BCUT2D eigenvalue weighted by atomic mass is 9.97. The molecule has 1 aliphatic heterocycles. The molecule has 1 heterocycles. The Morgan fingerprint density at radius 1 is 1.31 bits per heavy atom. The highest BCUT2D eigenvalue weighted by Crippen LogP contribution is 2.24. The smallest absolute Gasteiger partial charge is 0.248 e. The minimum absolute atomic E-state index is 0.00583. The molecule has 0 saturated carbocycles. The SMILES string of the molecule is NC1=NC(=O)CC1c1ccccc1. The number of benzene rings is 1. The molecular weight excluding hydrogens is 164 g/mol. The van der Waals surface area contributed by atoms with Crippen LogP contribution in [0, 0.1) is 0 Å². The summed E-state index contributed by atoms with van der Waals surface area (Å²) in [5.41, 5.74) is 6.70. The molecule has 1 aliphatic rings. The van der Waals surface area contributed by atoms with Crippen LogP contribution < -0.4 is 5.73 Å². The molecule has 0 aromatic heterocycles. The van der Waals surface area contributed by atoms with Gasteiger partial charge in [-0.2, -0.15) is 0 Å². The van der Waals surface area contributed by atoms with Crippen LogP contribution in [0.3, 0.4) is 0 Å². The molecule has 1 unspecified atom stereocenters. The van der Waals surface area contributed by atoms with Gasteiger partial charge in [-0.15, -0.1) is 0 Å². The first kappa shape index (κ1) is 7.98. The van der Waals surface area contributed by atoms with Gasteiger partial charge >= 0.3 is 0 Å². The highest BCUT2D eigenvalue weighted by atomic mass is 16.1. The fourth-order valence-electron chi connectivity index (χ4n) is 1.52. The van der Waals surface area contributed by atoms with Gasteiger partial charge in [0.1, 0.15) is 5.84 Å². The molecule has 2 rings (SSSR count). The Labute approximate surface area is 76.3 Å². The Hall–Kier alpha value is -1.64. The van der Waals surface area contributed by atoms with Gasteiger partial charge in [0.15, 0.2) is 0 Å². The van der Waals surface area contributed by atoms with Crippen molar-refractivity contribution in [2.75, 3.05) is 0 Å². The lowest BCUT2D eigenvalue weighted by Crippen LogP contribution is -2.17. The van der Waals surface area contributed by atoms with Crippen LogP contribution in [0.15, 0.2) is 35.3 Å². The molecule has 0 fully saturated rings. The molecule has 1 aromatic rings. The maximum atomic E-state index is 11.0.